The topological polar surface area (TPSA) is 148 Å². The van der Waals surface area contributed by atoms with Gasteiger partial charge in [-0.25, -0.2) is 4.79 Å². The van der Waals surface area contributed by atoms with Gasteiger partial charge in [0.25, 0.3) is 5.56 Å². The molecule has 0 spiro atoms. The predicted molar refractivity (Wildman–Crippen MR) is 199 cm³/mol. The van der Waals surface area contributed by atoms with Crippen molar-refractivity contribution >= 4 is 33.7 Å². The van der Waals surface area contributed by atoms with Crippen LogP contribution in [0.3, 0.4) is 0 Å². The molecule has 0 bridgehead atoms. The van der Waals surface area contributed by atoms with Gasteiger partial charge in [0.1, 0.15) is 18.2 Å². The molecule has 3 aliphatic heterocycles. The fourth-order valence-corrected chi connectivity index (χ4v) is 8.82. The smallest absolute Gasteiger partial charge is 0.318 e. The molecule has 8 rings (SSSR count). The van der Waals surface area contributed by atoms with E-state index in [-0.39, 0.29) is 23.4 Å². The van der Waals surface area contributed by atoms with Gasteiger partial charge in [0.05, 0.1) is 11.7 Å². The molecule has 3 N–H and O–H groups in total. The number of urea groups is 1. The first-order chi connectivity index (χ1) is 25.3. The van der Waals surface area contributed by atoms with Gasteiger partial charge in [-0.2, -0.15) is 5.10 Å². The van der Waals surface area contributed by atoms with Crippen molar-refractivity contribution in [1.29, 1.82) is 0 Å². The van der Waals surface area contributed by atoms with Gasteiger partial charge in [-0.1, -0.05) is 24.3 Å². The third-order valence-electron chi connectivity index (χ3n) is 11.8. The van der Waals surface area contributed by atoms with Crippen LogP contribution in [-0.4, -0.2) is 108 Å². The number of fused-ring (bicyclic) bond motifs is 2. The molecule has 272 valence electrons. The Morgan fingerprint density at radius 1 is 0.904 bits per heavy atom. The largest absolute Gasteiger partial charge is 0.341 e. The minimum atomic E-state index is -0.698. The Morgan fingerprint density at radius 2 is 1.63 bits per heavy atom. The highest BCUT2D eigenvalue weighted by Gasteiger charge is 2.35. The van der Waals surface area contributed by atoms with Crippen molar-refractivity contribution in [3.05, 3.63) is 87.9 Å². The second kappa shape index (κ2) is 14.5. The van der Waals surface area contributed by atoms with Crippen LogP contribution in [0, 0.1) is 6.92 Å². The molecule has 1 atom stereocenters. The van der Waals surface area contributed by atoms with Crippen LogP contribution < -0.4 is 10.9 Å². The van der Waals surface area contributed by atoms with Crippen molar-refractivity contribution in [3.8, 4) is 0 Å². The van der Waals surface area contributed by atoms with Crippen LogP contribution in [0.4, 0.5) is 4.79 Å². The average Bonchev–Trinajstić information content (AvgIpc) is 3.83. The molecule has 2 aromatic carbocycles. The van der Waals surface area contributed by atoms with Crippen LogP contribution in [0.15, 0.2) is 59.8 Å². The summed E-state index contributed by atoms with van der Waals surface area (Å²) in [5.41, 5.74) is 4.56. The quantitative estimate of drug-likeness (QED) is 0.230. The first-order valence-electron chi connectivity index (χ1n) is 18.8. The minimum Gasteiger partial charge on any atom is -0.341 e. The van der Waals surface area contributed by atoms with E-state index in [1.54, 1.807) is 17.4 Å². The van der Waals surface area contributed by atoms with Crippen LogP contribution in [0.2, 0.25) is 0 Å². The number of hydrogen-bond acceptors (Lipinski definition) is 7. The monoisotopic (exact) mass is 704 g/mol. The summed E-state index contributed by atoms with van der Waals surface area (Å²) in [6.45, 7) is 6.46. The standard InChI is InChI=1S/C39H48N10O3/c1-25-19-26(20-30-23-40-44-35(25)30)21-34(38(51)48-17-11-31(12-18-48)47-13-9-28(10-14-47)36-45-41-24-46(36)2)43-39(52)49-15-7-27(8-16-49)32-22-29-5-3-4-6-33(29)42-37(32)50/h3-6,19-20,22-24,27-28,31,34H,7-18,21H2,1-2H3,(H,40,44)(H,42,50)(H,43,52). The van der Waals surface area contributed by atoms with Crippen molar-refractivity contribution in [2.24, 2.45) is 7.05 Å². The lowest BCUT2D eigenvalue weighted by Gasteiger charge is -2.42. The van der Waals surface area contributed by atoms with E-state index < -0.39 is 6.04 Å². The van der Waals surface area contributed by atoms with Gasteiger partial charge >= 0.3 is 6.03 Å². The number of piperidine rings is 3. The molecule has 0 aliphatic carbocycles. The summed E-state index contributed by atoms with van der Waals surface area (Å²) in [6.07, 6.45) is 9.31. The maximum atomic E-state index is 14.3. The number of amides is 3. The van der Waals surface area contributed by atoms with Crippen molar-refractivity contribution in [1.82, 2.24) is 50.0 Å². The third-order valence-corrected chi connectivity index (χ3v) is 11.8. The lowest BCUT2D eigenvalue weighted by atomic mass is 9.89. The van der Waals surface area contributed by atoms with E-state index in [4.69, 9.17) is 0 Å². The second-order valence-corrected chi connectivity index (χ2v) is 15.0. The molecule has 3 aliphatic rings. The van der Waals surface area contributed by atoms with E-state index in [1.165, 1.54) is 0 Å². The Balaban J connectivity index is 0.918. The molecule has 3 saturated heterocycles. The SMILES string of the molecule is Cc1cc(CC(NC(=O)N2CCC(c3cc4ccccc4[nH]c3=O)CC2)C(=O)N2CCC(N3CCC(c4nncn4C)CC3)CC2)cc2cn[nH]c12. The van der Waals surface area contributed by atoms with Gasteiger partial charge in [0, 0.05) is 68.1 Å². The fourth-order valence-electron chi connectivity index (χ4n) is 8.82. The molecule has 6 heterocycles. The molecule has 3 fully saturated rings. The molecule has 13 heteroatoms. The van der Waals surface area contributed by atoms with Gasteiger partial charge in [0.2, 0.25) is 5.91 Å². The zero-order valence-corrected chi connectivity index (χ0v) is 30.1. The Morgan fingerprint density at radius 3 is 2.38 bits per heavy atom. The second-order valence-electron chi connectivity index (χ2n) is 15.0. The molecule has 5 aromatic rings. The van der Waals surface area contributed by atoms with E-state index in [9.17, 15) is 14.4 Å². The summed E-state index contributed by atoms with van der Waals surface area (Å²) in [5.74, 6) is 1.54. The summed E-state index contributed by atoms with van der Waals surface area (Å²) in [6, 6.07) is 13.5. The van der Waals surface area contributed by atoms with Crippen LogP contribution in [0.5, 0.6) is 0 Å². The van der Waals surface area contributed by atoms with Crippen LogP contribution in [-0.2, 0) is 18.3 Å². The number of nitrogens with zero attached hydrogens (tertiary/aromatic N) is 7. The highest BCUT2D eigenvalue weighted by atomic mass is 16.2. The Kier molecular flexibility index (Phi) is 9.52. The Bertz CT molecular complexity index is 2110. The zero-order chi connectivity index (χ0) is 35.8. The van der Waals surface area contributed by atoms with E-state index in [1.807, 2.05) is 53.8 Å². The van der Waals surface area contributed by atoms with E-state index >= 15 is 0 Å². The number of rotatable bonds is 7. The Hall–Kier alpha value is -5.04. The number of hydrogen-bond donors (Lipinski definition) is 3. The highest BCUT2D eigenvalue weighted by Crippen LogP contribution is 2.30. The van der Waals surface area contributed by atoms with Crippen molar-refractivity contribution < 1.29 is 9.59 Å². The molecule has 52 heavy (non-hydrogen) atoms. The maximum Gasteiger partial charge on any atom is 0.318 e. The number of nitrogens with one attached hydrogen (secondary N) is 3. The number of carbonyl (C=O) groups is 2. The Labute approximate surface area is 302 Å². The maximum absolute atomic E-state index is 14.3. The van der Waals surface area contributed by atoms with Crippen molar-refractivity contribution in [2.75, 3.05) is 39.3 Å². The van der Waals surface area contributed by atoms with E-state index in [0.29, 0.717) is 57.4 Å². The molecule has 0 saturated carbocycles. The molecular formula is C39H48N10O3. The van der Waals surface area contributed by atoms with Crippen LogP contribution in [0.1, 0.15) is 72.9 Å². The third kappa shape index (κ3) is 6.93. The lowest BCUT2D eigenvalue weighted by molar-refractivity contribution is -0.135. The van der Waals surface area contributed by atoms with Gasteiger partial charge < -0.3 is 29.6 Å². The molecule has 1 unspecified atom stereocenters. The van der Waals surface area contributed by atoms with Gasteiger partial charge in [-0.05, 0) is 99.2 Å². The van der Waals surface area contributed by atoms with Gasteiger partial charge in [0.15, 0.2) is 0 Å². The fraction of sp³-hybridized carbons (Fsp3) is 0.487. The van der Waals surface area contributed by atoms with Gasteiger partial charge in [-0.3, -0.25) is 14.7 Å². The molecule has 13 nitrogen and oxygen atoms in total. The van der Waals surface area contributed by atoms with E-state index in [0.717, 1.165) is 83.1 Å². The first-order valence-corrected chi connectivity index (χ1v) is 18.8. The summed E-state index contributed by atoms with van der Waals surface area (Å²) in [7, 11) is 2.01. The van der Waals surface area contributed by atoms with Crippen LogP contribution >= 0.6 is 0 Å². The van der Waals surface area contributed by atoms with Crippen molar-refractivity contribution in [3.63, 3.8) is 0 Å². The summed E-state index contributed by atoms with van der Waals surface area (Å²) >= 11 is 0. The molecule has 3 amide bonds. The van der Waals surface area contributed by atoms with Crippen LogP contribution in [0.25, 0.3) is 21.8 Å². The average molecular weight is 705 g/mol. The number of likely N-dealkylation sites (tertiary alicyclic amines) is 3. The number of H-pyrrole nitrogens is 2. The summed E-state index contributed by atoms with van der Waals surface area (Å²) < 4.78 is 2.03. The molecule has 3 aromatic heterocycles. The molecule has 0 radical (unpaired) electrons. The lowest BCUT2D eigenvalue weighted by Crippen LogP contribution is -2.56. The zero-order valence-electron chi connectivity index (χ0n) is 30.1. The summed E-state index contributed by atoms with van der Waals surface area (Å²) in [5, 5.41) is 20.8. The predicted octanol–water partition coefficient (Wildman–Crippen LogP) is 4.21. The van der Waals surface area contributed by atoms with Gasteiger partial charge in [-0.15, -0.1) is 10.2 Å². The normalized spacial score (nSPS) is 19.0. The number of para-hydroxylation sites is 1. The number of benzene rings is 2. The number of aromatic nitrogens is 6. The highest BCUT2D eigenvalue weighted by molar-refractivity contribution is 5.88. The number of carbonyl (C=O) groups excluding carboxylic acids is 2. The molecular weight excluding hydrogens is 656 g/mol. The summed E-state index contributed by atoms with van der Waals surface area (Å²) in [4.78, 5) is 50.5. The number of aryl methyl sites for hydroxylation is 2. The number of pyridine rings is 1. The van der Waals surface area contributed by atoms with E-state index in [2.05, 4.69) is 47.7 Å². The number of aromatic amines is 2. The van der Waals surface area contributed by atoms with Crippen molar-refractivity contribution in [2.45, 2.75) is 75.8 Å². The first kappa shape index (κ1) is 34.1. The minimum absolute atomic E-state index is 0.0321.